The smallest absolute Gasteiger partial charge is 0.241 e. The Balaban J connectivity index is 2.90. The molecule has 2 N–H and O–H groups in total. The molecule has 0 amide bonds. The molecule has 0 fully saturated rings. The van der Waals surface area contributed by atoms with Crippen LogP contribution in [0.15, 0.2) is 27.6 Å². The van der Waals surface area contributed by atoms with Crippen LogP contribution in [0.25, 0.3) is 0 Å². The predicted molar refractivity (Wildman–Crippen MR) is 82.2 cm³/mol. The molecule has 0 aliphatic rings. The minimum Gasteiger partial charge on any atom is -0.378 e. The lowest BCUT2D eigenvalue weighted by molar-refractivity contribution is 0.576. The summed E-state index contributed by atoms with van der Waals surface area (Å²) >= 11 is 3.29. The number of hydrogen-bond donors (Lipinski definition) is 2. The number of anilines is 1. The third kappa shape index (κ3) is 4.76. The Kier molecular flexibility index (Phi) is 6.25. The molecule has 0 heterocycles. The number of sulfonamides is 1. The summed E-state index contributed by atoms with van der Waals surface area (Å²) < 4.78 is 27.6. The number of nitrogens with zero attached hydrogens (tertiary/aromatic N) is 1. The highest BCUT2D eigenvalue weighted by molar-refractivity contribution is 9.10. The molecule has 0 aliphatic heterocycles. The molecule has 0 spiro atoms. The second-order valence-electron chi connectivity index (χ2n) is 4.36. The zero-order valence-electron chi connectivity index (χ0n) is 11.4. The van der Waals surface area contributed by atoms with Crippen molar-refractivity contribution in [1.82, 2.24) is 10.0 Å². The number of benzene rings is 1. The fourth-order valence-electron chi connectivity index (χ4n) is 1.53. The van der Waals surface area contributed by atoms with Crippen molar-refractivity contribution in [3.05, 3.63) is 22.7 Å². The average molecular weight is 350 g/mol. The van der Waals surface area contributed by atoms with Crippen molar-refractivity contribution in [2.75, 3.05) is 39.1 Å². The van der Waals surface area contributed by atoms with E-state index in [-0.39, 0.29) is 4.90 Å². The molecule has 0 bridgehead atoms. The van der Waals surface area contributed by atoms with Crippen LogP contribution in [0.5, 0.6) is 0 Å². The van der Waals surface area contributed by atoms with Gasteiger partial charge in [-0.2, -0.15) is 0 Å². The number of nitrogens with one attached hydrogen (secondary N) is 2. The van der Waals surface area contributed by atoms with Crippen LogP contribution in [-0.4, -0.2) is 42.7 Å². The molecule has 1 aromatic rings. The number of halogens is 1. The van der Waals surface area contributed by atoms with E-state index < -0.39 is 10.0 Å². The van der Waals surface area contributed by atoms with Crippen LogP contribution in [-0.2, 0) is 10.0 Å². The van der Waals surface area contributed by atoms with Gasteiger partial charge in [-0.05, 0) is 54.1 Å². The Morgan fingerprint density at radius 2 is 1.95 bits per heavy atom. The van der Waals surface area contributed by atoms with Gasteiger partial charge < -0.3 is 10.2 Å². The van der Waals surface area contributed by atoms with Crippen LogP contribution < -0.4 is 14.9 Å². The van der Waals surface area contributed by atoms with E-state index in [1.165, 1.54) is 0 Å². The standard InChI is InChI=1S/C12H20BrN3O2S/c1-14-7-4-8-15-19(17,18)12-9-10(16(2)3)5-6-11(12)13/h5-6,9,14-15H,4,7-8H2,1-3H3. The largest absolute Gasteiger partial charge is 0.378 e. The van der Waals surface area contributed by atoms with Crippen molar-refractivity contribution < 1.29 is 8.42 Å². The molecule has 1 rings (SSSR count). The molecule has 0 saturated carbocycles. The zero-order chi connectivity index (χ0) is 14.5. The number of rotatable bonds is 7. The summed E-state index contributed by atoms with van der Waals surface area (Å²) in [6, 6.07) is 5.27. The van der Waals surface area contributed by atoms with E-state index in [2.05, 4.69) is 26.0 Å². The highest BCUT2D eigenvalue weighted by Gasteiger charge is 2.18. The van der Waals surface area contributed by atoms with Crippen LogP contribution in [0, 0.1) is 0 Å². The molecule has 7 heteroatoms. The van der Waals surface area contributed by atoms with E-state index in [9.17, 15) is 8.42 Å². The Morgan fingerprint density at radius 1 is 1.26 bits per heavy atom. The maximum Gasteiger partial charge on any atom is 0.241 e. The first-order valence-electron chi connectivity index (χ1n) is 5.99. The van der Waals surface area contributed by atoms with Gasteiger partial charge in [0.25, 0.3) is 0 Å². The molecule has 0 saturated heterocycles. The molecule has 0 radical (unpaired) electrons. The summed E-state index contributed by atoms with van der Waals surface area (Å²) in [6.07, 6.45) is 0.751. The lowest BCUT2D eigenvalue weighted by Gasteiger charge is -2.15. The van der Waals surface area contributed by atoms with Gasteiger partial charge in [0.2, 0.25) is 10.0 Å². The SMILES string of the molecule is CNCCCNS(=O)(=O)c1cc(N(C)C)ccc1Br. The maximum atomic E-state index is 12.2. The summed E-state index contributed by atoms with van der Waals surface area (Å²) in [6.45, 7) is 1.20. The molecule has 19 heavy (non-hydrogen) atoms. The lowest BCUT2D eigenvalue weighted by atomic mass is 10.3. The fraction of sp³-hybridized carbons (Fsp3) is 0.500. The van der Waals surface area contributed by atoms with Gasteiger partial charge in [0.05, 0.1) is 4.90 Å². The lowest BCUT2D eigenvalue weighted by Crippen LogP contribution is -2.27. The first-order chi connectivity index (χ1) is 8.88. The molecule has 5 nitrogen and oxygen atoms in total. The first kappa shape index (κ1) is 16.4. The monoisotopic (exact) mass is 349 g/mol. The van der Waals surface area contributed by atoms with Crippen LogP contribution >= 0.6 is 15.9 Å². The third-order valence-corrected chi connectivity index (χ3v) is 5.07. The summed E-state index contributed by atoms with van der Waals surface area (Å²) in [5.74, 6) is 0. The Hall–Kier alpha value is -0.630. The quantitative estimate of drug-likeness (QED) is 0.730. The van der Waals surface area contributed by atoms with Crippen LogP contribution in [0.1, 0.15) is 6.42 Å². The van der Waals surface area contributed by atoms with Gasteiger partial charge in [-0.25, -0.2) is 13.1 Å². The van der Waals surface area contributed by atoms with E-state index in [1.54, 1.807) is 12.1 Å². The first-order valence-corrected chi connectivity index (χ1v) is 8.27. The molecule has 1 aromatic carbocycles. The highest BCUT2D eigenvalue weighted by atomic mass is 79.9. The minimum absolute atomic E-state index is 0.267. The second kappa shape index (κ2) is 7.23. The van der Waals surface area contributed by atoms with Crippen LogP contribution in [0.4, 0.5) is 5.69 Å². The van der Waals surface area contributed by atoms with Crippen molar-refractivity contribution in [3.63, 3.8) is 0 Å². The summed E-state index contributed by atoms with van der Waals surface area (Å²) in [7, 11) is 2.11. The molecule has 0 unspecified atom stereocenters. The molecule has 108 valence electrons. The van der Waals surface area contributed by atoms with E-state index in [1.807, 2.05) is 32.1 Å². The minimum atomic E-state index is -3.48. The molecule has 0 atom stereocenters. The highest BCUT2D eigenvalue weighted by Crippen LogP contribution is 2.26. The van der Waals surface area contributed by atoms with Crippen LogP contribution in [0.2, 0.25) is 0 Å². The van der Waals surface area contributed by atoms with Gasteiger partial charge >= 0.3 is 0 Å². The molecule has 0 aromatic heterocycles. The van der Waals surface area contributed by atoms with Gasteiger partial charge in [0, 0.05) is 30.8 Å². The van der Waals surface area contributed by atoms with E-state index in [4.69, 9.17) is 0 Å². The summed E-state index contributed by atoms with van der Waals surface area (Å²) in [5, 5.41) is 2.98. The molecule has 0 aliphatic carbocycles. The Labute approximate surface area is 123 Å². The van der Waals surface area contributed by atoms with E-state index in [0.717, 1.165) is 18.7 Å². The second-order valence-corrected chi connectivity index (χ2v) is 6.95. The topological polar surface area (TPSA) is 61.4 Å². The predicted octanol–water partition coefficient (Wildman–Crippen LogP) is 1.40. The molecular weight excluding hydrogens is 330 g/mol. The maximum absolute atomic E-state index is 12.2. The van der Waals surface area contributed by atoms with E-state index in [0.29, 0.717) is 11.0 Å². The van der Waals surface area contributed by atoms with Crippen molar-refractivity contribution >= 4 is 31.6 Å². The normalized spacial score (nSPS) is 11.6. The summed E-state index contributed by atoms with van der Waals surface area (Å²) in [4.78, 5) is 2.13. The molecular formula is C12H20BrN3O2S. The fourth-order valence-corrected chi connectivity index (χ4v) is 3.58. The van der Waals surface area contributed by atoms with Gasteiger partial charge in [0.15, 0.2) is 0 Å². The van der Waals surface area contributed by atoms with Crippen molar-refractivity contribution in [2.24, 2.45) is 0 Å². The van der Waals surface area contributed by atoms with Gasteiger partial charge in [-0.15, -0.1) is 0 Å². The number of hydrogen-bond acceptors (Lipinski definition) is 4. The zero-order valence-corrected chi connectivity index (χ0v) is 13.8. The van der Waals surface area contributed by atoms with Crippen molar-refractivity contribution in [2.45, 2.75) is 11.3 Å². The van der Waals surface area contributed by atoms with Crippen molar-refractivity contribution in [1.29, 1.82) is 0 Å². The Morgan fingerprint density at radius 3 is 2.53 bits per heavy atom. The third-order valence-electron chi connectivity index (χ3n) is 2.62. The summed E-state index contributed by atoms with van der Waals surface area (Å²) in [5.41, 5.74) is 0.846. The van der Waals surface area contributed by atoms with Gasteiger partial charge in [0.1, 0.15) is 0 Å². The average Bonchev–Trinajstić information content (AvgIpc) is 2.34. The Bertz CT molecular complexity index is 518. The van der Waals surface area contributed by atoms with Crippen LogP contribution in [0.3, 0.4) is 0 Å². The van der Waals surface area contributed by atoms with E-state index >= 15 is 0 Å². The van der Waals surface area contributed by atoms with Gasteiger partial charge in [-0.1, -0.05) is 0 Å². The van der Waals surface area contributed by atoms with Crippen molar-refractivity contribution in [3.8, 4) is 0 Å². The van der Waals surface area contributed by atoms with Gasteiger partial charge in [-0.3, -0.25) is 0 Å².